The number of hydrogen-bond donors (Lipinski definition) is 3. The summed E-state index contributed by atoms with van der Waals surface area (Å²) in [4.78, 5) is 0. The Morgan fingerprint density at radius 1 is 1.27 bits per heavy atom. The van der Waals surface area contributed by atoms with E-state index in [9.17, 15) is 0 Å². The molecule has 0 unspecified atom stereocenters. The van der Waals surface area contributed by atoms with Crippen LogP contribution in [0, 0.1) is 0 Å². The smallest absolute Gasteiger partial charge is 0.188 e. The minimum Gasteiger partial charge on any atom is -0.398 e. The summed E-state index contributed by atoms with van der Waals surface area (Å²) < 4.78 is 0. The first kappa shape index (κ1) is 9.60. The van der Waals surface area contributed by atoms with Crippen molar-refractivity contribution >= 4 is 5.69 Å². The van der Waals surface area contributed by atoms with E-state index in [0.717, 1.165) is 11.3 Å². The van der Waals surface area contributed by atoms with Crippen LogP contribution < -0.4 is 11.1 Å². The molecule has 0 bridgehead atoms. The number of hydrogen-bond acceptors (Lipinski definition) is 5. The van der Waals surface area contributed by atoms with E-state index in [-0.39, 0.29) is 0 Å². The number of benzene rings is 1. The fraction of sp³-hybridized carbons (Fsp3) is 0.222. The van der Waals surface area contributed by atoms with Gasteiger partial charge in [0.15, 0.2) is 5.82 Å². The normalized spacial score (nSPS) is 10.4. The van der Waals surface area contributed by atoms with E-state index >= 15 is 0 Å². The van der Waals surface area contributed by atoms with Crippen LogP contribution in [-0.2, 0) is 13.1 Å². The van der Waals surface area contributed by atoms with Crippen molar-refractivity contribution in [2.24, 2.45) is 0 Å². The molecule has 15 heavy (non-hydrogen) atoms. The zero-order valence-electron chi connectivity index (χ0n) is 8.14. The Morgan fingerprint density at radius 3 is 2.87 bits per heavy atom. The Bertz CT molecular complexity index is 410. The third kappa shape index (κ3) is 2.50. The van der Waals surface area contributed by atoms with Crippen LogP contribution in [0.15, 0.2) is 24.3 Å². The standard InChI is InChI=1S/C9H12N6/c10-8-4-2-1-3-7(8)5-11-6-9-12-14-15-13-9/h1-4,11H,5-6,10H2,(H,12,13,14,15). The summed E-state index contributed by atoms with van der Waals surface area (Å²) in [6, 6.07) is 7.74. The van der Waals surface area contributed by atoms with E-state index in [1.807, 2.05) is 24.3 Å². The second kappa shape index (κ2) is 4.52. The molecular weight excluding hydrogens is 192 g/mol. The lowest BCUT2D eigenvalue weighted by atomic mass is 10.2. The lowest BCUT2D eigenvalue weighted by molar-refractivity contribution is 0.664. The summed E-state index contributed by atoms with van der Waals surface area (Å²) in [5.41, 5.74) is 7.65. The molecule has 2 rings (SSSR count). The van der Waals surface area contributed by atoms with E-state index in [0.29, 0.717) is 18.9 Å². The van der Waals surface area contributed by atoms with Gasteiger partial charge in [-0.2, -0.15) is 5.21 Å². The van der Waals surface area contributed by atoms with Crippen molar-refractivity contribution in [1.29, 1.82) is 0 Å². The summed E-state index contributed by atoms with van der Waals surface area (Å²) in [7, 11) is 0. The molecular formula is C9H12N6. The second-order valence-corrected chi connectivity index (χ2v) is 3.13. The summed E-state index contributed by atoms with van der Waals surface area (Å²) in [5.74, 6) is 0.643. The molecule has 4 N–H and O–H groups in total. The molecule has 1 heterocycles. The monoisotopic (exact) mass is 204 g/mol. The predicted molar refractivity (Wildman–Crippen MR) is 55.6 cm³/mol. The number of nitrogens with one attached hydrogen (secondary N) is 2. The number of rotatable bonds is 4. The second-order valence-electron chi connectivity index (χ2n) is 3.13. The number of tetrazole rings is 1. The Balaban J connectivity index is 1.86. The molecule has 0 aliphatic carbocycles. The zero-order valence-corrected chi connectivity index (χ0v) is 8.14. The van der Waals surface area contributed by atoms with Crippen LogP contribution >= 0.6 is 0 Å². The number of aromatic amines is 1. The minimum atomic E-state index is 0.574. The molecule has 0 amide bonds. The molecule has 0 fully saturated rings. The van der Waals surface area contributed by atoms with Gasteiger partial charge in [0, 0.05) is 12.2 Å². The SMILES string of the molecule is Nc1ccccc1CNCc1nn[nH]n1. The minimum absolute atomic E-state index is 0.574. The highest BCUT2D eigenvalue weighted by atomic mass is 15.5. The Labute approximate surface area is 86.9 Å². The average Bonchev–Trinajstić information content (AvgIpc) is 2.74. The first-order valence-corrected chi connectivity index (χ1v) is 4.62. The molecule has 0 saturated carbocycles. The summed E-state index contributed by atoms with van der Waals surface area (Å²) in [6.07, 6.45) is 0. The van der Waals surface area contributed by atoms with Gasteiger partial charge in [-0.1, -0.05) is 23.4 Å². The van der Waals surface area contributed by atoms with Gasteiger partial charge in [-0.25, -0.2) is 0 Å². The van der Waals surface area contributed by atoms with Crippen molar-refractivity contribution in [1.82, 2.24) is 25.9 Å². The van der Waals surface area contributed by atoms with Crippen LogP contribution in [0.2, 0.25) is 0 Å². The van der Waals surface area contributed by atoms with E-state index < -0.39 is 0 Å². The Morgan fingerprint density at radius 2 is 2.13 bits per heavy atom. The van der Waals surface area contributed by atoms with Crippen molar-refractivity contribution in [3.8, 4) is 0 Å². The van der Waals surface area contributed by atoms with Gasteiger partial charge in [-0.15, -0.1) is 10.2 Å². The molecule has 0 radical (unpaired) electrons. The van der Waals surface area contributed by atoms with Crippen LogP contribution in [0.1, 0.15) is 11.4 Å². The van der Waals surface area contributed by atoms with Gasteiger partial charge in [0.25, 0.3) is 0 Å². The topological polar surface area (TPSA) is 92.5 Å². The summed E-state index contributed by atoms with van der Waals surface area (Å²) >= 11 is 0. The predicted octanol–water partition coefficient (Wildman–Crippen LogP) is 0.0717. The fourth-order valence-corrected chi connectivity index (χ4v) is 1.26. The number of para-hydroxylation sites is 1. The molecule has 6 heteroatoms. The van der Waals surface area contributed by atoms with Crippen LogP contribution in [0.4, 0.5) is 5.69 Å². The van der Waals surface area contributed by atoms with Gasteiger partial charge in [-0.05, 0) is 11.6 Å². The Hall–Kier alpha value is -1.95. The van der Waals surface area contributed by atoms with Crippen LogP contribution in [0.25, 0.3) is 0 Å². The van der Waals surface area contributed by atoms with Crippen molar-refractivity contribution in [3.63, 3.8) is 0 Å². The van der Waals surface area contributed by atoms with E-state index in [2.05, 4.69) is 25.9 Å². The van der Waals surface area contributed by atoms with Crippen LogP contribution in [0.5, 0.6) is 0 Å². The van der Waals surface area contributed by atoms with Crippen molar-refractivity contribution in [2.75, 3.05) is 5.73 Å². The van der Waals surface area contributed by atoms with Crippen LogP contribution in [0.3, 0.4) is 0 Å². The van der Waals surface area contributed by atoms with Crippen molar-refractivity contribution in [2.45, 2.75) is 13.1 Å². The number of aromatic nitrogens is 4. The Kier molecular flexibility index (Phi) is 2.89. The molecule has 0 atom stereocenters. The highest BCUT2D eigenvalue weighted by Gasteiger charge is 1.99. The third-order valence-corrected chi connectivity index (χ3v) is 2.04. The summed E-state index contributed by atoms with van der Waals surface area (Å²) in [5, 5.41) is 16.7. The number of nitrogens with two attached hydrogens (primary N) is 1. The lowest BCUT2D eigenvalue weighted by Crippen LogP contribution is -2.14. The molecule has 2 aromatic rings. The summed E-state index contributed by atoms with van der Waals surface area (Å²) in [6.45, 7) is 1.27. The molecule has 0 aliphatic rings. The van der Waals surface area contributed by atoms with Gasteiger partial charge in [0.1, 0.15) is 0 Å². The fourth-order valence-electron chi connectivity index (χ4n) is 1.26. The van der Waals surface area contributed by atoms with Crippen molar-refractivity contribution < 1.29 is 0 Å². The molecule has 0 aliphatic heterocycles. The van der Waals surface area contributed by atoms with Gasteiger partial charge in [0.05, 0.1) is 6.54 Å². The van der Waals surface area contributed by atoms with Gasteiger partial charge in [0.2, 0.25) is 0 Å². The molecule has 78 valence electrons. The number of nitrogen functional groups attached to an aromatic ring is 1. The third-order valence-electron chi connectivity index (χ3n) is 2.04. The largest absolute Gasteiger partial charge is 0.398 e. The average molecular weight is 204 g/mol. The highest BCUT2D eigenvalue weighted by Crippen LogP contribution is 2.09. The first-order chi connectivity index (χ1) is 7.36. The number of nitrogens with zero attached hydrogens (tertiary/aromatic N) is 3. The number of H-pyrrole nitrogens is 1. The van der Waals surface area contributed by atoms with E-state index in [1.54, 1.807) is 0 Å². The molecule has 0 spiro atoms. The maximum absolute atomic E-state index is 5.79. The number of anilines is 1. The highest BCUT2D eigenvalue weighted by molar-refractivity contribution is 5.46. The maximum Gasteiger partial charge on any atom is 0.188 e. The maximum atomic E-state index is 5.79. The molecule has 0 saturated heterocycles. The van der Waals surface area contributed by atoms with Gasteiger partial charge < -0.3 is 11.1 Å². The molecule has 1 aromatic heterocycles. The first-order valence-electron chi connectivity index (χ1n) is 4.62. The van der Waals surface area contributed by atoms with Crippen LogP contribution in [-0.4, -0.2) is 20.6 Å². The zero-order chi connectivity index (χ0) is 10.5. The molecule has 6 nitrogen and oxygen atoms in total. The quantitative estimate of drug-likeness (QED) is 0.613. The van der Waals surface area contributed by atoms with E-state index in [4.69, 9.17) is 5.73 Å². The van der Waals surface area contributed by atoms with Gasteiger partial charge in [-0.3, -0.25) is 0 Å². The van der Waals surface area contributed by atoms with E-state index in [1.165, 1.54) is 0 Å². The van der Waals surface area contributed by atoms with Crippen molar-refractivity contribution in [3.05, 3.63) is 35.7 Å². The molecule has 1 aromatic carbocycles. The lowest BCUT2D eigenvalue weighted by Gasteiger charge is -2.05. The van der Waals surface area contributed by atoms with Gasteiger partial charge >= 0.3 is 0 Å².